The molecule has 0 fully saturated rings. The Bertz CT molecular complexity index is 663. The summed E-state index contributed by atoms with van der Waals surface area (Å²) in [6.07, 6.45) is 2.41. The van der Waals surface area contributed by atoms with E-state index < -0.39 is 23.5 Å². The van der Waals surface area contributed by atoms with Crippen LogP contribution in [0.25, 0.3) is 0 Å². The lowest BCUT2D eigenvalue weighted by Gasteiger charge is -2.08. The van der Waals surface area contributed by atoms with Gasteiger partial charge >= 0.3 is 12.0 Å². The molecule has 0 saturated heterocycles. The average Bonchev–Trinajstić information content (AvgIpc) is 2.41. The molecule has 1 aromatic carbocycles. The number of anilines is 2. The van der Waals surface area contributed by atoms with Crippen LogP contribution in [0.3, 0.4) is 0 Å². The van der Waals surface area contributed by atoms with Crippen molar-refractivity contribution in [2.24, 2.45) is 0 Å². The predicted molar refractivity (Wildman–Crippen MR) is 68.0 cm³/mol. The highest BCUT2D eigenvalue weighted by atomic mass is 19.1. The van der Waals surface area contributed by atoms with E-state index in [4.69, 9.17) is 5.11 Å². The summed E-state index contributed by atoms with van der Waals surface area (Å²) in [5, 5.41) is 13.3. The average molecular weight is 276 g/mol. The Morgan fingerprint density at radius 1 is 1.10 bits per heavy atom. The molecule has 0 saturated carbocycles. The number of para-hydroxylation sites is 1. The van der Waals surface area contributed by atoms with Gasteiger partial charge in [-0.1, -0.05) is 12.1 Å². The fourth-order valence-electron chi connectivity index (χ4n) is 1.41. The molecule has 1 aromatic heterocycles. The van der Waals surface area contributed by atoms with Crippen LogP contribution in [0.5, 0.6) is 0 Å². The van der Waals surface area contributed by atoms with Gasteiger partial charge in [0.15, 0.2) is 11.5 Å². The lowest BCUT2D eigenvalue weighted by molar-refractivity contribution is 0.0691. The Hall–Kier alpha value is -3.03. The van der Waals surface area contributed by atoms with E-state index in [1.807, 2.05) is 0 Å². The molecular weight excluding hydrogens is 267 g/mol. The van der Waals surface area contributed by atoms with Crippen LogP contribution in [0.4, 0.5) is 20.7 Å². The lowest BCUT2D eigenvalue weighted by atomic mass is 10.3. The number of amides is 2. The molecule has 2 amide bonds. The van der Waals surface area contributed by atoms with E-state index in [1.54, 1.807) is 6.07 Å². The van der Waals surface area contributed by atoms with Gasteiger partial charge in [0.05, 0.1) is 5.69 Å². The van der Waals surface area contributed by atoms with E-state index in [-0.39, 0.29) is 11.5 Å². The number of benzene rings is 1. The van der Waals surface area contributed by atoms with Crippen LogP contribution in [0.2, 0.25) is 0 Å². The molecular formula is C12H9FN4O3. The Balaban J connectivity index is 2.13. The predicted octanol–water partition coefficient (Wildman–Crippen LogP) is 1.96. The van der Waals surface area contributed by atoms with Crippen molar-refractivity contribution < 1.29 is 19.1 Å². The van der Waals surface area contributed by atoms with Crippen LogP contribution in [-0.4, -0.2) is 27.1 Å². The molecule has 3 N–H and O–H groups in total. The van der Waals surface area contributed by atoms with Gasteiger partial charge in [-0.25, -0.2) is 23.9 Å². The van der Waals surface area contributed by atoms with Gasteiger partial charge in [-0.2, -0.15) is 0 Å². The third-order valence-corrected chi connectivity index (χ3v) is 2.25. The number of urea groups is 1. The summed E-state index contributed by atoms with van der Waals surface area (Å²) in [5.74, 6) is -2.17. The van der Waals surface area contributed by atoms with Crippen LogP contribution in [0.15, 0.2) is 36.7 Å². The number of carbonyl (C=O) groups is 2. The molecule has 0 aliphatic carbocycles. The second kappa shape index (κ2) is 5.74. The molecule has 0 atom stereocenters. The summed E-state index contributed by atoms with van der Waals surface area (Å²) in [7, 11) is 0. The summed E-state index contributed by atoms with van der Waals surface area (Å²) in [5.41, 5.74) is -0.443. The number of carboxylic acids is 1. The fourth-order valence-corrected chi connectivity index (χ4v) is 1.41. The van der Waals surface area contributed by atoms with Gasteiger partial charge in [-0.05, 0) is 12.1 Å². The van der Waals surface area contributed by atoms with Crippen LogP contribution >= 0.6 is 0 Å². The standard InChI is InChI=1S/C12H9FN4O3/c13-7-3-1-2-4-8(7)16-12(20)17-10-9(11(18)19)14-5-6-15-10/h1-6H,(H,18,19)(H2,15,16,17,20). The first kappa shape index (κ1) is 13.4. The highest BCUT2D eigenvalue weighted by molar-refractivity contribution is 6.02. The summed E-state index contributed by atoms with van der Waals surface area (Å²) in [6.45, 7) is 0. The first-order valence-corrected chi connectivity index (χ1v) is 5.45. The van der Waals surface area contributed by atoms with Crippen molar-refractivity contribution in [3.8, 4) is 0 Å². The largest absolute Gasteiger partial charge is 0.476 e. The zero-order valence-electron chi connectivity index (χ0n) is 10.0. The van der Waals surface area contributed by atoms with Crippen molar-refractivity contribution in [1.29, 1.82) is 0 Å². The maximum absolute atomic E-state index is 13.3. The van der Waals surface area contributed by atoms with Gasteiger partial charge < -0.3 is 10.4 Å². The first-order chi connectivity index (χ1) is 9.58. The minimum absolute atomic E-state index is 0.0363. The summed E-state index contributed by atoms with van der Waals surface area (Å²) >= 11 is 0. The van der Waals surface area contributed by atoms with Crippen LogP contribution in [0.1, 0.15) is 10.5 Å². The van der Waals surface area contributed by atoms with E-state index >= 15 is 0 Å². The van der Waals surface area contributed by atoms with Crippen molar-refractivity contribution in [3.05, 3.63) is 48.2 Å². The van der Waals surface area contributed by atoms with E-state index in [1.165, 1.54) is 30.6 Å². The third-order valence-electron chi connectivity index (χ3n) is 2.25. The maximum atomic E-state index is 13.3. The number of hydrogen-bond donors (Lipinski definition) is 3. The van der Waals surface area contributed by atoms with Gasteiger partial charge in [0.1, 0.15) is 5.82 Å². The zero-order valence-corrected chi connectivity index (χ0v) is 10.0. The van der Waals surface area contributed by atoms with Crippen molar-refractivity contribution in [1.82, 2.24) is 9.97 Å². The molecule has 2 aromatic rings. The van der Waals surface area contributed by atoms with Crippen LogP contribution in [-0.2, 0) is 0 Å². The summed E-state index contributed by atoms with van der Waals surface area (Å²) < 4.78 is 13.3. The van der Waals surface area contributed by atoms with Crippen molar-refractivity contribution in [2.75, 3.05) is 10.6 Å². The van der Waals surface area contributed by atoms with E-state index in [0.29, 0.717) is 0 Å². The molecule has 0 radical (unpaired) electrons. The molecule has 2 rings (SSSR count). The number of carboxylic acid groups (broad SMARTS) is 1. The number of nitrogens with zero attached hydrogens (tertiary/aromatic N) is 2. The third kappa shape index (κ3) is 3.05. The summed E-state index contributed by atoms with van der Waals surface area (Å²) in [4.78, 5) is 29.8. The second-order valence-corrected chi connectivity index (χ2v) is 3.62. The quantitative estimate of drug-likeness (QED) is 0.794. The molecule has 20 heavy (non-hydrogen) atoms. The van der Waals surface area contributed by atoms with Gasteiger partial charge in [0.25, 0.3) is 0 Å². The van der Waals surface area contributed by atoms with E-state index in [9.17, 15) is 14.0 Å². The molecule has 7 nitrogen and oxygen atoms in total. The highest BCUT2D eigenvalue weighted by Gasteiger charge is 2.15. The minimum Gasteiger partial charge on any atom is -0.476 e. The highest BCUT2D eigenvalue weighted by Crippen LogP contribution is 2.13. The molecule has 0 aliphatic rings. The smallest absolute Gasteiger partial charge is 0.358 e. The lowest BCUT2D eigenvalue weighted by Crippen LogP contribution is -2.22. The number of hydrogen-bond acceptors (Lipinski definition) is 4. The SMILES string of the molecule is O=C(Nc1ccccc1F)Nc1nccnc1C(=O)O. The zero-order chi connectivity index (χ0) is 14.5. The topological polar surface area (TPSA) is 104 Å². The van der Waals surface area contributed by atoms with Crippen LogP contribution < -0.4 is 10.6 Å². The van der Waals surface area contributed by atoms with Crippen molar-refractivity contribution in [3.63, 3.8) is 0 Å². The second-order valence-electron chi connectivity index (χ2n) is 3.62. The van der Waals surface area contributed by atoms with E-state index in [2.05, 4.69) is 20.6 Å². The molecule has 1 heterocycles. The van der Waals surface area contributed by atoms with Gasteiger partial charge in [-0.15, -0.1) is 0 Å². The number of carbonyl (C=O) groups excluding carboxylic acids is 1. The van der Waals surface area contributed by atoms with Crippen molar-refractivity contribution >= 4 is 23.5 Å². The van der Waals surface area contributed by atoms with E-state index in [0.717, 1.165) is 0 Å². The molecule has 0 bridgehead atoms. The maximum Gasteiger partial charge on any atom is 0.358 e. The van der Waals surface area contributed by atoms with Crippen LogP contribution in [0, 0.1) is 5.82 Å². The first-order valence-electron chi connectivity index (χ1n) is 5.45. The van der Waals surface area contributed by atoms with Gasteiger partial charge in [0, 0.05) is 12.4 Å². The number of halogens is 1. The Kier molecular flexibility index (Phi) is 3.85. The van der Waals surface area contributed by atoms with Crippen molar-refractivity contribution in [2.45, 2.75) is 0 Å². The Morgan fingerprint density at radius 3 is 2.50 bits per heavy atom. The minimum atomic E-state index is -1.33. The number of aromatic carboxylic acids is 1. The van der Waals surface area contributed by atoms with Gasteiger partial charge in [0.2, 0.25) is 0 Å². The summed E-state index contributed by atoms with van der Waals surface area (Å²) in [6, 6.07) is 4.75. The Labute approximate surface area is 112 Å². The number of rotatable bonds is 3. The molecule has 0 aliphatic heterocycles. The number of nitrogens with one attached hydrogen (secondary N) is 2. The number of aromatic nitrogens is 2. The van der Waals surface area contributed by atoms with Gasteiger partial charge in [-0.3, -0.25) is 5.32 Å². The Morgan fingerprint density at radius 2 is 1.80 bits per heavy atom. The molecule has 8 heteroatoms. The molecule has 0 unspecified atom stereocenters. The fraction of sp³-hybridized carbons (Fsp3) is 0. The molecule has 0 spiro atoms. The molecule has 102 valence electrons. The monoisotopic (exact) mass is 276 g/mol. The normalized spacial score (nSPS) is 9.85.